The Kier molecular flexibility index (Phi) is 3.11. The summed E-state index contributed by atoms with van der Waals surface area (Å²) in [5.74, 6) is 6.18. The molecule has 2 N–H and O–H groups in total. The number of aromatic nitrogens is 2. The Morgan fingerprint density at radius 2 is 2.43 bits per heavy atom. The van der Waals surface area contributed by atoms with E-state index in [1.807, 2.05) is 13.8 Å². The van der Waals surface area contributed by atoms with Crippen molar-refractivity contribution in [3.63, 3.8) is 0 Å². The van der Waals surface area contributed by atoms with Crippen LogP contribution in [0.25, 0.3) is 0 Å². The van der Waals surface area contributed by atoms with Crippen LogP contribution in [0.15, 0.2) is 6.20 Å². The van der Waals surface area contributed by atoms with E-state index >= 15 is 0 Å². The van der Waals surface area contributed by atoms with Gasteiger partial charge in [0, 0.05) is 5.92 Å². The molecule has 1 aromatic rings. The summed E-state index contributed by atoms with van der Waals surface area (Å²) in [5, 5.41) is 0. The van der Waals surface area contributed by atoms with Crippen LogP contribution in [0.3, 0.4) is 0 Å². The van der Waals surface area contributed by atoms with Gasteiger partial charge in [-0.3, -0.25) is 0 Å². The number of nitrogens with two attached hydrogens (primary N) is 1. The third kappa shape index (κ3) is 1.71. The Morgan fingerprint density at radius 3 is 2.93 bits per heavy atom. The van der Waals surface area contributed by atoms with Gasteiger partial charge in [-0.1, -0.05) is 13.8 Å². The minimum Gasteiger partial charge on any atom is -0.464 e. The predicted molar refractivity (Wildman–Crippen MR) is 52.4 cm³/mol. The lowest BCUT2D eigenvalue weighted by Crippen LogP contribution is -2.20. The lowest BCUT2D eigenvalue weighted by molar-refractivity contribution is 0.0590. The van der Waals surface area contributed by atoms with E-state index in [9.17, 15) is 4.79 Å². The van der Waals surface area contributed by atoms with Crippen LogP contribution < -0.4 is 5.84 Å². The fraction of sp³-hybridized carbons (Fsp3) is 0.556. The Balaban J connectivity index is 3.02. The third-order valence-corrected chi connectivity index (χ3v) is 2.27. The lowest BCUT2D eigenvalue weighted by atomic mass is 10.1. The topological polar surface area (TPSA) is 70.1 Å². The van der Waals surface area contributed by atoms with E-state index in [4.69, 9.17) is 5.84 Å². The van der Waals surface area contributed by atoms with Gasteiger partial charge in [0.1, 0.15) is 5.82 Å². The molecule has 0 aliphatic carbocycles. The maximum Gasteiger partial charge on any atom is 0.358 e. The number of esters is 1. The fourth-order valence-corrected chi connectivity index (χ4v) is 1.18. The summed E-state index contributed by atoms with van der Waals surface area (Å²) in [5.41, 5.74) is 0.280. The summed E-state index contributed by atoms with van der Waals surface area (Å²) in [7, 11) is 1.32. The van der Waals surface area contributed by atoms with Gasteiger partial charge in [-0.15, -0.1) is 0 Å². The lowest BCUT2D eigenvalue weighted by Gasteiger charge is -2.08. The first-order chi connectivity index (χ1) is 6.61. The molecule has 0 aromatic carbocycles. The zero-order valence-electron chi connectivity index (χ0n) is 8.65. The summed E-state index contributed by atoms with van der Waals surface area (Å²) >= 11 is 0. The van der Waals surface area contributed by atoms with Crippen molar-refractivity contribution in [3.05, 3.63) is 17.7 Å². The maximum absolute atomic E-state index is 11.2. The molecule has 0 fully saturated rings. The first-order valence-electron chi connectivity index (χ1n) is 4.52. The van der Waals surface area contributed by atoms with Gasteiger partial charge >= 0.3 is 5.97 Å². The zero-order valence-corrected chi connectivity index (χ0v) is 8.65. The van der Waals surface area contributed by atoms with E-state index in [1.165, 1.54) is 18.0 Å². The minimum absolute atomic E-state index is 0.235. The number of hydrogen-bond donors (Lipinski definition) is 1. The van der Waals surface area contributed by atoms with Crippen molar-refractivity contribution in [2.75, 3.05) is 13.0 Å². The van der Waals surface area contributed by atoms with Crippen LogP contribution >= 0.6 is 0 Å². The largest absolute Gasteiger partial charge is 0.464 e. The van der Waals surface area contributed by atoms with Gasteiger partial charge in [0.2, 0.25) is 0 Å². The first kappa shape index (κ1) is 10.6. The highest BCUT2D eigenvalue weighted by molar-refractivity contribution is 5.87. The van der Waals surface area contributed by atoms with Gasteiger partial charge in [0.25, 0.3) is 0 Å². The molecule has 14 heavy (non-hydrogen) atoms. The van der Waals surface area contributed by atoms with Gasteiger partial charge in [0.15, 0.2) is 5.69 Å². The number of nitrogens with zero attached hydrogens (tertiary/aromatic N) is 2. The zero-order chi connectivity index (χ0) is 10.7. The van der Waals surface area contributed by atoms with Crippen molar-refractivity contribution in [2.45, 2.75) is 26.2 Å². The number of ether oxygens (including phenoxy) is 1. The number of nitrogen functional groups attached to an aromatic ring is 1. The van der Waals surface area contributed by atoms with Crippen LogP contribution in [0, 0.1) is 0 Å². The van der Waals surface area contributed by atoms with Gasteiger partial charge in [-0.05, 0) is 6.42 Å². The van der Waals surface area contributed by atoms with Crippen LogP contribution in [0.2, 0.25) is 0 Å². The average molecular weight is 197 g/mol. The summed E-state index contributed by atoms with van der Waals surface area (Å²) < 4.78 is 5.86. The molecule has 0 saturated heterocycles. The van der Waals surface area contributed by atoms with Crippen LogP contribution in [-0.4, -0.2) is 22.7 Å². The van der Waals surface area contributed by atoms with E-state index in [2.05, 4.69) is 9.72 Å². The number of methoxy groups -OCH3 is 1. The van der Waals surface area contributed by atoms with Crippen molar-refractivity contribution in [1.29, 1.82) is 0 Å². The quantitative estimate of drug-likeness (QED) is 0.577. The summed E-state index contributed by atoms with van der Waals surface area (Å²) in [4.78, 5) is 15.3. The monoisotopic (exact) mass is 197 g/mol. The molecule has 1 aromatic heterocycles. The molecule has 0 aliphatic heterocycles. The van der Waals surface area contributed by atoms with Crippen LogP contribution in [0.1, 0.15) is 42.5 Å². The van der Waals surface area contributed by atoms with Crippen molar-refractivity contribution < 1.29 is 9.53 Å². The molecule has 0 amide bonds. The summed E-state index contributed by atoms with van der Waals surface area (Å²) in [6.07, 6.45) is 2.36. The Labute approximate surface area is 82.8 Å². The second kappa shape index (κ2) is 4.13. The van der Waals surface area contributed by atoms with Crippen molar-refractivity contribution >= 4 is 5.97 Å². The van der Waals surface area contributed by atoms with Crippen molar-refractivity contribution in [2.24, 2.45) is 0 Å². The van der Waals surface area contributed by atoms with Crippen LogP contribution in [0.5, 0.6) is 0 Å². The first-order valence-corrected chi connectivity index (χ1v) is 4.52. The molecule has 5 heteroatoms. The van der Waals surface area contributed by atoms with Crippen molar-refractivity contribution in [1.82, 2.24) is 9.66 Å². The van der Waals surface area contributed by atoms with Crippen molar-refractivity contribution in [3.8, 4) is 0 Å². The van der Waals surface area contributed by atoms with Gasteiger partial charge in [-0.2, -0.15) is 0 Å². The highest BCUT2D eigenvalue weighted by Crippen LogP contribution is 2.16. The molecule has 0 spiro atoms. The number of carbonyl (C=O) groups is 1. The maximum atomic E-state index is 11.2. The summed E-state index contributed by atoms with van der Waals surface area (Å²) in [6, 6.07) is 0. The average Bonchev–Trinajstić information content (AvgIpc) is 2.58. The van der Waals surface area contributed by atoms with Crippen LogP contribution in [0.4, 0.5) is 0 Å². The Bertz CT molecular complexity index is 333. The molecule has 78 valence electrons. The van der Waals surface area contributed by atoms with Crippen LogP contribution in [-0.2, 0) is 4.74 Å². The molecule has 1 rings (SSSR count). The molecule has 1 unspecified atom stereocenters. The van der Waals surface area contributed by atoms with E-state index in [0.29, 0.717) is 5.82 Å². The second-order valence-electron chi connectivity index (χ2n) is 3.17. The number of imidazole rings is 1. The molecule has 1 heterocycles. The molecule has 0 radical (unpaired) electrons. The summed E-state index contributed by atoms with van der Waals surface area (Å²) in [6.45, 7) is 4.05. The van der Waals surface area contributed by atoms with Gasteiger partial charge in [0.05, 0.1) is 13.3 Å². The Morgan fingerprint density at radius 1 is 1.79 bits per heavy atom. The highest BCUT2D eigenvalue weighted by Gasteiger charge is 2.17. The molecule has 0 aliphatic rings. The van der Waals surface area contributed by atoms with E-state index in [1.54, 1.807) is 0 Å². The minimum atomic E-state index is -0.463. The fourth-order valence-electron chi connectivity index (χ4n) is 1.18. The number of carbonyl (C=O) groups excluding carboxylic acids is 1. The smallest absolute Gasteiger partial charge is 0.358 e. The van der Waals surface area contributed by atoms with E-state index in [-0.39, 0.29) is 11.6 Å². The molecule has 1 atom stereocenters. The van der Waals surface area contributed by atoms with E-state index < -0.39 is 5.97 Å². The molecular formula is C9H15N3O2. The normalized spacial score (nSPS) is 12.5. The van der Waals surface area contributed by atoms with Gasteiger partial charge < -0.3 is 10.6 Å². The van der Waals surface area contributed by atoms with Gasteiger partial charge in [-0.25, -0.2) is 14.5 Å². The second-order valence-corrected chi connectivity index (χ2v) is 3.17. The standard InChI is InChI=1S/C9H15N3O2/c1-4-6(2)8-11-5-7(12(8)10)9(13)14-3/h5-6H,4,10H2,1-3H3. The number of rotatable bonds is 3. The molecule has 5 nitrogen and oxygen atoms in total. The molecule has 0 saturated carbocycles. The van der Waals surface area contributed by atoms with E-state index in [0.717, 1.165) is 6.42 Å². The Hall–Kier alpha value is -1.52. The third-order valence-electron chi connectivity index (χ3n) is 2.27. The predicted octanol–water partition coefficient (Wildman–Crippen LogP) is 0.897. The highest BCUT2D eigenvalue weighted by atomic mass is 16.5. The number of hydrogen-bond acceptors (Lipinski definition) is 4. The SMILES string of the molecule is CCC(C)c1ncc(C(=O)OC)n1N. The molecule has 0 bridgehead atoms. The molecular weight excluding hydrogens is 182 g/mol.